The van der Waals surface area contributed by atoms with Gasteiger partial charge in [-0.1, -0.05) is 53.4 Å². The molecule has 2 fully saturated rings. The first kappa shape index (κ1) is 20.0. The van der Waals surface area contributed by atoms with Crippen molar-refractivity contribution in [2.24, 2.45) is 5.92 Å². The van der Waals surface area contributed by atoms with Gasteiger partial charge in [0.1, 0.15) is 6.29 Å². The van der Waals surface area contributed by atoms with Gasteiger partial charge in [-0.05, 0) is 32.7 Å². The SMILES string of the molecule is CC.CCC.CNC1CC1.O=CC1CCCCC1. The third-order valence-corrected chi connectivity index (χ3v) is 2.83. The first-order valence-corrected chi connectivity index (χ1v) is 7.90. The molecule has 0 aliphatic heterocycles. The molecule has 0 heterocycles. The molecule has 1 N–H and O–H groups in total. The van der Waals surface area contributed by atoms with Crippen molar-refractivity contribution in [1.29, 1.82) is 0 Å². The van der Waals surface area contributed by atoms with Crippen LogP contribution in [0.1, 0.15) is 79.1 Å². The minimum atomic E-state index is 0.406. The summed E-state index contributed by atoms with van der Waals surface area (Å²) in [4.78, 5) is 10.2. The zero-order chi connectivity index (χ0) is 14.2. The van der Waals surface area contributed by atoms with Crippen LogP contribution in [0.5, 0.6) is 0 Å². The highest BCUT2D eigenvalue weighted by Crippen LogP contribution is 2.21. The third-order valence-electron chi connectivity index (χ3n) is 2.83. The lowest BCUT2D eigenvalue weighted by molar-refractivity contribution is -0.111. The normalized spacial score (nSPS) is 18.1. The second-order valence-electron chi connectivity index (χ2n) is 4.80. The molecule has 0 amide bonds. The van der Waals surface area contributed by atoms with Crippen LogP contribution in [0.4, 0.5) is 0 Å². The maximum Gasteiger partial charge on any atom is 0.123 e. The number of aldehydes is 1. The predicted octanol–water partition coefficient (Wildman–Crippen LogP) is 4.58. The van der Waals surface area contributed by atoms with E-state index >= 15 is 0 Å². The summed E-state index contributed by atoms with van der Waals surface area (Å²) in [6.07, 6.45) is 11.3. The summed E-state index contributed by atoms with van der Waals surface area (Å²) in [7, 11) is 2.01. The highest BCUT2D eigenvalue weighted by Gasteiger charge is 2.17. The zero-order valence-electron chi connectivity index (χ0n) is 13.3. The minimum Gasteiger partial charge on any atom is -0.317 e. The largest absolute Gasteiger partial charge is 0.317 e. The Morgan fingerprint density at radius 1 is 1.00 bits per heavy atom. The molecular formula is C16H35NO. The van der Waals surface area contributed by atoms with Gasteiger partial charge in [-0.25, -0.2) is 0 Å². The van der Waals surface area contributed by atoms with Crippen LogP contribution in [0, 0.1) is 5.92 Å². The number of carbonyl (C=O) groups is 1. The Morgan fingerprint density at radius 3 is 1.61 bits per heavy atom. The van der Waals surface area contributed by atoms with Crippen LogP contribution in [-0.2, 0) is 4.79 Å². The number of carbonyl (C=O) groups excluding carboxylic acids is 1. The van der Waals surface area contributed by atoms with Crippen molar-refractivity contribution in [3.05, 3.63) is 0 Å². The first-order valence-electron chi connectivity index (χ1n) is 7.90. The summed E-state index contributed by atoms with van der Waals surface area (Å²) in [5, 5.41) is 3.14. The fourth-order valence-electron chi connectivity index (χ4n) is 1.64. The zero-order valence-corrected chi connectivity index (χ0v) is 13.3. The molecule has 0 saturated heterocycles. The topological polar surface area (TPSA) is 29.1 Å². The molecule has 110 valence electrons. The molecule has 2 aliphatic carbocycles. The number of nitrogens with one attached hydrogen (secondary N) is 1. The quantitative estimate of drug-likeness (QED) is 0.734. The van der Waals surface area contributed by atoms with Crippen LogP contribution < -0.4 is 5.32 Å². The van der Waals surface area contributed by atoms with Crippen LogP contribution in [0.25, 0.3) is 0 Å². The van der Waals surface area contributed by atoms with Crippen LogP contribution >= 0.6 is 0 Å². The molecule has 0 aromatic rings. The van der Waals surface area contributed by atoms with E-state index in [4.69, 9.17) is 0 Å². The molecule has 0 unspecified atom stereocenters. The Hall–Kier alpha value is -0.370. The van der Waals surface area contributed by atoms with E-state index in [1.165, 1.54) is 38.5 Å². The Kier molecular flexibility index (Phi) is 18.4. The molecule has 2 rings (SSSR count). The molecular weight excluding hydrogens is 222 g/mol. The molecule has 0 atom stereocenters. The van der Waals surface area contributed by atoms with Crippen molar-refractivity contribution in [3.8, 4) is 0 Å². The molecule has 0 bridgehead atoms. The Bertz CT molecular complexity index is 149. The lowest BCUT2D eigenvalue weighted by Crippen LogP contribution is -2.06. The number of rotatable bonds is 2. The molecule has 0 aromatic heterocycles. The maximum atomic E-state index is 10.2. The molecule has 0 spiro atoms. The van der Waals surface area contributed by atoms with E-state index in [0.29, 0.717) is 5.92 Å². The molecule has 0 radical (unpaired) electrons. The van der Waals surface area contributed by atoms with E-state index in [1.54, 1.807) is 0 Å². The van der Waals surface area contributed by atoms with Gasteiger partial charge in [-0.2, -0.15) is 0 Å². The van der Waals surface area contributed by atoms with E-state index < -0.39 is 0 Å². The highest BCUT2D eigenvalue weighted by atomic mass is 16.1. The number of hydrogen-bond acceptors (Lipinski definition) is 2. The highest BCUT2D eigenvalue weighted by molar-refractivity contribution is 5.53. The van der Waals surface area contributed by atoms with Crippen molar-refractivity contribution in [3.63, 3.8) is 0 Å². The molecule has 2 saturated carbocycles. The van der Waals surface area contributed by atoms with Gasteiger partial charge >= 0.3 is 0 Å². The van der Waals surface area contributed by atoms with Crippen molar-refractivity contribution in [2.45, 2.75) is 85.1 Å². The average Bonchev–Trinajstić information content (AvgIpc) is 3.27. The van der Waals surface area contributed by atoms with E-state index in [1.807, 2.05) is 20.9 Å². The smallest absolute Gasteiger partial charge is 0.123 e. The van der Waals surface area contributed by atoms with Crippen molar-refractivity contribution in [2.75, 3.05) is 7.05 Å². The second-order valence-corrected chi connectivity index (χ2v) is 4.80. The predicted molar refractivity (Wildman–Crippen MR) is 82.0 cm³/mol. The van der Waals surface area contributed by atoms with Gasteiger partial charge in [0, 0.05) is 12.0 Å². The summed E-state index contributed by atoms with van der Waals surface area (Å²) in [6.45, 7) is 8.25. The third kappa shape index (κ3) is 15.6. The van der Waals surface area contributed by atoms with Gasteiger partial charge in [-0.15, -0.1) is 0 Å². The van der Waals surface area contributed by atoms with Gasteiger partial charge in [0.25, 0.3) is 0 Å². The van der Waals surface area contributed by atoms with Gasteiger partial charge in [-0.3, -0.25) is 0 Å². The van der Waals surface area contributed by atoms with Gasteiger partial charge in [0.15, 0.2) is 0 Å². The van der Waals surface area contributed by atoms with Crippen LogP contribution in [0.3, 0.4) is 0 Å². The molecule has 2 heteroatoms. The minimum absolute atomic E-state index is 0.406. The molecule has 2 aliphatic rings. The van der Waals surface area contributed by atoms with Crippen LogP contribution in [0.2, 0.25) is 0 Å². The summed E-state index contributed by atoms with van der Waals surface area (Å²) in [5.74, 6) is 0.406. The van der Waals surface area contributed by atoms with E-state index in [2.05, 4.69) is 19.2 Å². The summed E-state index contributed by atoms with van der Waals surface area (Å²) >= 11 is 0. The number of hydrogen-bond donors (Lipinski definition) is 1. The molecule has 0 aromatic carbocycles. The standard InChI is InChI=1S/C7H12O.C4H9N.C3H8.C2H6/c8-6-7-4-2-1-3-5-7;1-5-4-2-3-4;1-3-2;1-2/h6-7H,1-5H2;4-5H,2-3H2,1H3;3H2,1-2H3;1-2H3. The second kappa shape index (κ2) is 16.6. The van der Waals surface area contributed by atoms with E-state index in [-0.39, 0.29) is 0 Å². The first-order chi connectivity index (χ1) is 8.78. The van der Waals surface area contributed by atoms with Gasteiger partial charge < -0.3 is 10.1 Å². The van der Waals surface area contributed by atoms with Crippen molar-refractivity contribution in [1.82, 2.24) is 5.32 Å². The lowest BCUT2D eigenvalue weighted by Gasteiger charge is -2.14. The monoisotopic (exact) mass is 257 g/mol. The van der Waals surface area contributed by atoms with Crippen molar-refractivity contribution >= 4 is 6.29 Å². The molecule has 2 nitrogen and oxygen atoms in total. The Morgan fingerprint density at radius 2 is 1.44 bits per heavy atom. The summed E-state index contributed by atoms with van der Waals surface area (Å²) < 4.78 is 0. The van der Waals surface area contributed by atoms with Crippen molar-refractivity contribution < 1.29 is 4.79 Å². The van der Waals surface area contributed by atoms with Gasteiger partial charge in [0.2, 0.25) is 0 Å². The summed E-state index contributed by atoms with van der Waals surface area (Å²) in [5.41, 5.74) is 0. The fourth-order valence-corrected chi connectivity index (χ4v) is 1.64. The van der Waals surface area contributed by atoms with E-state index in [9.17, 15) is 4.79 Å². The molecule has 18 heavy (non-hydrogen) atoms. The van der Waals surface area contributed by atoms with Gasteiger partial charge in [0.05, 0.1) is 0 Å². The van der Waals surface area contributed by atoms with Crippen LogP contribution in [-0.4, -0.2) is 19.4 Å². The maximum absolute atomic E-state index is 10.2. The fraction of sp³-hybridized carbons (Fsp3) is 0.938. The Labute approximate surface area is 115 Å². The van der Waals surface area contributed by atoms with E-state index in [0.717, 1.165) is 25.2 Å². The summed E-state index contributed by atoms with van der Waals surface area (Å²) in [6, 6.07) is 0.884. The van der Waals surface area contributed by atoms with Crippen LogP contribution in [0.15, 0.2) is 0 Å². The lowest BCUT2D eigenvalue weighted by atomic mass is 9.91. The average molecular weight is 257 g/mol. The Balaban J connectivity index is 0.